The van der Waals surface area contributed by atoms with Gasteiger partial charge >= 0.3 is 0 Å². The van der Waals surface area contributed by atoms with Crippen LogP contribution in [0.1, 0.15) is 23.7 Å². The molecule has 17 heavy (non-hydrogen) atoms. The minimum atomic E-state index is -0.655. The molecular formula is C13H20N2O2. The van der Waals surface area contributed by atoms with Crippen LogP contribution in [0.2, 0.25) is 0 Å². The van der Waals surface area contributed by atoms with Gasteiger partial charge in [-0.25, -0.2) is 0 Å². The number of hydrogen-bond acceptors (Lipinski definition) is 4. The van der Waals surface area contributed by atoms with Crippen molar-refractivity contribution in [2.75, 3.05) is 32.1 Å². The summed E-state index contributed by atoms with van der Waals surface area (Å²) in [5, 5.41) is 23.1. The number of anilines is 1. The van der Waals surface area contributed by atoms with Gasteiger partial charge in [0, 0.05) is 37.0 Å². The summed E-state index contributed by atoms with van der Waals surface area (Å²) in [6.45, 7) is 1.47. The highest BCUT2D eigenvalue weighted by atomic mass is 16.3. The predicted molar refractivity (Wildman–Crippen MR) is 68.6 cm³/mol. The SMILES string of the molecule is CNCC(O)c1ccc2c(c1O)CCCN2C. The first kappa shape index (κ1) is 12.2. The number of aliphatic hydroxyl groups is 1. The van der Waals surface area contributed by atoms with Crippen LogP contribution in [-0.4, -0.2) is 37.4 Å². The molecule has 4 heteroatoms. The number of hydrogen-bond donors (Lipinski definition) is 3. The molecule has 0 saturated heterocycles. The van der Waals surface area contributed by atoms with Crippen molar-refractivity contribution in [1.29, 1.82) is 0 Å². The lowest BCUT2D eigenvalue weighted by Crippen LogP contribution is -2.25. The molecule has 1 unspecified atom stereocenters. The van der Waals surface area contributed by atoms with Gasteiger partial charge in [0.05, 0.1) is 6.10 Å². The molecule has 1 heterocycles. The number of phenols is 1. The van der Waals surface area contributed by atoms with Crippen molar-refractivity contribution >= 4 is 5.69 Å². The molecule has 0 aromatic heterocycles. The van der Waals surface area contributed by atoms with Crippen LogP contribution in [0.15, 0.2) is 12.1 Å². The number of nitrogens with zero attached hydrogens (tertiary/aromatic N) is 1. The summed E-state index contributed by atoms with van der Waals surface area (Å²) in [5.41, 5.74) is 2.66. The molecule has 0 bridgehead atoms. The fraction of sp³-hybridized carbons (Fsp3) is 0.538. The number of nitrogens with one attached hydrogen (secondary N) is 1. The maximum atomic E-state index is 10.2. The average molecular weight is 236 g/mol. The third kappa shape index (κ3) is 2.23. The fourth-order valence-corrected chi connectivity index (χ4v) is 2.43. The van der Waals surface area contributed by atoms with E-state index in [4.69, 9.17) is 0 Å². The number of phenolic OH excluding ortho intramolecular Hbond substituents is 1. The standard InChI is InChI=1S/C13H20N2O2/c1-14-8-12(16)10-5-6-11-9(13(10)17)4-3-7-15(11)2/h5-6,12,14,16-17H,3-4,7-8H2,1-2H3. The number of benzene rings is 1. The van der Waals surface area contributed by atoms with Gasteiger partial charge in [0.1, 0.15) is 5.75 Å². The van der Waals surface area contributed by atoms with Crippen LogP contribution in [0, 0.1) is 0 Å². The number of aliphatic hydroxyl groups excluding tert-OH is 1. The molecule has 0 amide bonds. The molecule has 1 aliphatic heterocycles. The van der Waals surface area contributed by atoms with Gasteiger partial charge in [-0.1, -0.05) is 6.07 Å². The molecule has 94 valence electrons. The van der Waals surface area contributed by atoms with Crippen LogP contribution in [-0.2, 0) is 6.42 Å². The Bertz CT molecular complexity index is 407. The van der Waals surface area contributed by atoms with Gasteiger partial charge in [0.2, 0.25) is 0 Å². The van der Waals surface area contributed by atoms with E-state index in [1.54, 1.807) is 7.05 Å². The predicted octanol–water partition coefficient (Wildman–Crippen LogP) is 1.03. The zero-order chi connectivity index (χ0) is 12.4. The summed E-state index contributed by atoms with van der Waals surface area (Å²) in [5.74, 6) is 0.261. The Balaban J connectivity index is 2.38. The second-order valence-electron chi connectivity index (χ2n) is 4.60. The molecule has 2 rings (SSSR count). The maximum absolute atomic E-state index is 10.2. The van der Waals surface area contributed by atoms with Gasteiger partial charge in [0.25, 0.3) is 0 Å². The third-order valence-electron chi connectivity index (χ3n) is 3.38. The molecule has 0 saturated carbocycles. The topological polar surface area (TPSA) is 55.7 Å². The Morgan fingerprint density at radius 3 is 2.94 bits per heavy atom. The lowest BCUT2D eigenvalue weighted by molar-refractivity contribution is 0.173. The number of fused-ring (bicyclic) bond motifs is 1. The zero-order valence-electron chi connectivity index (χ0n) is 10.4. The Kier molecular flexibility index (Phi) is 3.54. The van der Waals surface area contributed by atoms with E-state index in [2.05, 4.69) is 10.2 Å². The van der Waals surface area contributed by atoms with Crippen molar-refractivity contribution in [3.63, 3.8) is 0 Å². The Morgan fingerprint density at radius 1 is 1.47 bits per heavy atom. The van der Waals surface area contributed by atoms with E-state index in [1.165, 1.54) is 0 Å². The van der Waals surface area contributed by atoms with Crippen molar-refractivity contribution in [1.82, 2.24) is 5.32 Å². The second kappa shape index (κ2) is 4.94. The Labute approximate surface area is 102 Å². The minimum absolute atomic E-state index is 0.261. The molecule has 4 nitrogen and oxygen atoms in total. The van der Waals surface area contributed by atoms with Crippen molar-refractivity contribution in [3.8, 4) is 5.75 Å². The van der Waals surface area contributed by atoms with E-state index in [0.717, 1.165) is 30.6 Å². The fourth-order valence-electron chi connectivity index (χ4n) is 2.43. The van der Waals surface area contributed by atoms with Crippen LogP contribution in [0.3, 0.4) is 0 Å². The second-order valence-corrected chi connectivity index (χ2v) is 4.60. The third-order valence-corrected chi connectivity index (χ3v) is 3.38. The van der Waals surface area contributed by atoms with Crippen molar-refractivity contribution in [2.45, 2.75) is 18.9 Å². The van der Waals surface area contributed by atoms with E-state index in [1.807, 2.05) is 19.2 Å². The van der Waals surface area contributed by atoms with Crippen LogP contribution in [0.5, 0.6) is 5.75 Å². The summed E-state index contributed by atoms with van der Waals surface area (Å²) in [6, 6.07) is 3.81. The van der Waals surface area contributed by atoms with Crippen LogP contribution in [0.25, 0.3) is 0 Å². The summed E-state index contributed by atoms with van der Waals surface area (Å²) in [6.07, 6.45) is 1.27. The average Bonchev–Trinajstić information content (AvgIpc) is 2.31. The van der Waals surface area contributed by atoms with Crippen LogP contribution in [0.4, 0.5) is 5.69 Å². The van der Waals surface area contributed by atoms with Gasteiger partial charge < -0.3 is 20.4 Å². The van der Waals surface area contributed by atoms with Crippen molar-refractivity contribution in [2.24, 2.45) is 0 Å². The van der Waals surface area contributed by atoms with E-state index < -0.39 is 6.10 Å². The normalized spacial score (nSPS) is 16.8. The molecule has 3 N–H and O–H groups in total. The molecule has 0 fully saturated rings. The quantitative estimate of drug-likeness (QED) is 0.733. The van der Waals surface area contributed by atoms with Gasteiger partial charge in [-0.05, 0) is 26.0 Å². The Morgan fingerprint density at radius 2 is 2.24 bits per heavy atom. The van der Waals surface area contributed by atoms with Gasteiger partial charge in [-0.2, -0.15) is 0 Å². The summed E-state index contributed by atoms with van der Waals surface area (Å²) >= 11 is 0. The van der Waals surface area contributed by atoms with Crippen molar-refractivity contribution < 1.29 is 10.2 Å². The molecule has 1 atom stereocenters. The zero-order valence-corrected chi connectivity index (χ0v) is 10.4. The minimum Gasteiger partial charge on any atom is -0.507 e. The first-order valence-electron chi connectivity index (χ1n) is 6.03. The lowest BCUT2D eigenvalue weighted by atomic mass is 9.96. The first-order chi connectivity index (χ1) is 8.15. The molecule has 0 spiro atoms. The van der Waals surface area contributed by atoms with Crippen molar-refractivity contribution in [3.05, 3.63) is 23.3 Å². The van der Waals surface area contributed by atoms with E-state index in [0.29, 0.717) is 12.1 Å². The lowest BCUT2D eigenvalue weighted by Gasteiger charge is -2.29. The van der Waals surface area contributed by atoms with Crippen LogP contribution < -0.4 is 10.2 Å². The molecular weight excluding hydrogens is 216 g/mol. The summed E-state index contributed by atoms with van der Waals surface area (Å²) < 4.78 is 0. The highest BCUT2D eigenvalue weighted by Crippen LogP contribution is 2.37. The monoisotopic (exact) mass is 236 g/mol. The summed E-state index contributed by atoms with van der Waals surface area (Å²) in [4.78, 5) is 2.15. The number of rotatable bonds is 3. The maximum Gasteiger partial charge on any atom is 0.126 e. The van der Waals surface area contributed by atoms with E-state index in [9.17, 15) is 10.2 Å². The molecule has 0 radical (unpaired) electrons. The largest absolute Gasteiger partial charge is 0.507 e. The Hall–Kier alpha value is -1.26. The first-order valence-corrected chi connectivity index (χ1v) is 6.03. The molecule has 1 aromatic rings. The summed E-state index contributed by atoms with van der Waals surface area (Å²) in [7, 11) is 3.81. The van der Waals surface area contributed by atoms with E-state index in [-0.39, 0.29) is 5.75 Å². The molecule has 1 aromatic carbocycles. The molecule has 0 aliphatic carbocycles. The van der Waals surface area contributed by atoms with Crippen LogP contribution >= 0.6 is 0 Å². The highest BCUT2D eigenvalue weighted by molar-refractivity contribution is 5.63. The number of likely N-dealkylation sites (N-methyl/N-ethyl adjacent to an activating group) is 1. The molecule has 1 aliphatic rings. The van der Waals surface area contributed by atoms with Gasteiger partial charge in [-0.15, -0.1) is 0 Å². The van der Waals surface area contributed by atoms with Gasteiger partial charge in [0.15, 0.2) is 0 Å². The van der Waals surface area contributed by atoms with E-state index >= 15 is 0 Å². The smallest absolute Gasteiger partial charge is 0.126 e. The number of aromatic hydroxyl groups is 1. The highest BCUT2D eigenvalue weighted by Gasteiger charge is 2.21. The van der Waals surface area contributed by atoms with Gasteiger partial charge in [-0.3, -0.25) is 0 Å².